The summed E-state index contributed by atoms with van der Waals surface area (Å²) < 4.78 is 28.9. The SMILES string of the molecule is COC1C(O)OC(CO[Si](C)(C)C)C(O[Si](C)(C)C)C1OC. The maximum absolute atomic E-state index is 10.2. The predicted octanol–water partition coefficient (Wildman–Crippen LogP) is 1.81. The minimum Gasteiger partial charge on any atom is -0.415 e. The lowest BCUT2D eigenvalue weighted by Gasteiger charge is -2.46. The molecule has 0 aromatic heterocycles. The van der Waals surface area contributed by atoms with Crippen LogP contribution < -0.4 is 0 Å². The fourth-order valence-corrected chi connectivity index (χ4v) is 4.20. The summed E-state index contributed by atoms with van der Waals surface area (Å²) in [7, 11) is -0.374. The summed E-state index contributed by atoms with van der Waals surface area (Å²) in [5, 5.41) is 10.2. The molecule has 1 heterocycles. The second-order valence-corrected chi connectivity index (χ2v) is 16.6. The predicted molar refractivity (Wildman–Crippen MR) is 90.0 cm³/mol. The Balaban J connectivity index is 2.94. The van der Waals surface area contributed by atoms with E-state index in [4.69, 9.17) is 23.1 Å². The van der Waals surface area contributed by atoms with Gasteiger partial charge < -0.3 is 28.2 Å². The monoisotopic (exact) mass is 352 g/mol. The van der Waals surface area contributed by atoms with E-state index in [2.05, 4.69) is 39.3 Å². The minimum absolute atomic E-state index is 0.318. The van der Waals surface area contributed by atoms with Gasteiger partial charge in [0.2, 0.25) is 0 Å². The third kappa shape index (κ3) is 6.01. The summed E-state index contributed by atoms with van der Waals surface area (Å²) in [6.45, 7) is 13.1. The van der Waals surface area contributed by atoms with Gasteiger partial charge in [-0.1, -0.05) is 0 Å². The molecular weight excluding hydrogens is 320 g/mol. The number of rotatable bonds is 7. The van der Waals surface area contributed by atoms with Gasteiger partial charge in [0, 0.05) is 14.2 Å². The van der Waals surface area contributed by atoms with Crippen LogP contribution in [0.15, 0.2) is 0 Å². The molecule has 6 nitrogen and oxygen atoms in total. The molecule has 0 radical (unpaired) electrons. The van der Waals surface area contributed by atoms with Crippen molar-refractivity contribution in [3.63, 3.8) is 0 Å². The van der Waals surface area contributed by atoms with Gasteiger partial charge in [-0.05, 0) is 39.3 Å². The first kappa shape index (κ1) is 20.2. The van der Waals surface area contributed by atoms with E-state index in [-0.39, 0.29) is 12.2 Å². The van der Waals surface area contributed by atoms with Gasteiger partial charge in [-0.3, -0.25) is 0 Å². The number of hydrogen-bond acceptors (Lipinski definition) is 6. The molecule has 1 aliphatic rings. The van der Waals surface area contributed by atoms with Crippen molar-refractivity contribution in [1.82, 2.24) is 0 Å². The van der Waals surface area contributed by atoms with E-state index >= 15 is 0 Å². The molecule has 1 fully saturated rings. The van der Waals surface area contributed by atoms with E-state index < -0.39 is 35.1 Å². The van der Waals surface area contributed by atoms with Crippen molar-refractivity contribution in [3.05, 3.63) is 0 Å². The molecule has 5 unspecified atom stereocenters. The zero-order valence-corrected chi connectivity index (χ0v) is 17.1. The summed E-state index contributed by atoms with van der Waals surface area (Å²) in [6, 6.07) is 0. The van der Waals surface area contributed by atoms with Crippen LogP contribution in [0.4, 0.5) is 0 Å². The molecule has 8 heteroatoms. The van der Waals surface area contributed by atoms with Gasteiger partial charge in [0.15, 0.2) is 22.9 Å². The summed E-state index contributed by atoms with van der Waals surface area (Å²) >= 11 is 0. The highest BCUT2D eigenvalue weighted by Crippen LogP contribution is 2.29. The molecule has 0 spiro atoms. The Morgan fingerprint density at radius 3 is 1.82 bits per heavy atom. The first-order valence-corrected chi connectivity index (χ1v) is 14.5. The summed E-state index contributed by atoms with van der Waals surface area (Å²) in [5.41, 5.74) is 0. The number of ether oxygens (including phenoxy) is 3. The Kier molecular flexibility index (Phi) is 7.22. The van der Waals surface area contributed by atoms with Crippen molar-refractivity contribution in [3.8, 4) is 0 Å². The van der Waals surface area contributed by atoms with Crippen molar-refractivity contribution in [2.45, 2.75) is 70.0 Å². The Hall–Kier alpha value is 0.194. The average Bonchev–Trinajstić information content (AvgIpc) is 2.35. The van der Waals surface area contributed by atoms with Gasteiger partial charge in [-0.25, -0.2) is 0 Å². The molecule has 1 aliphatic heterocycles. The second-order valence-electron chi connectivity index (χ2n) is 7.58. The van der Waals surface area contributed by atoms with Crippen LogP contribution in [0, 0.1) is 0 Å². The lowest BCUT2D eigenvalue weighted by atomic mass is 9.99. The van der Waals surface area contributed by atoms with Gasteiger partial charge >= 0.3 is 0 Å². The van der Waals surface area contributed by atoms with E-state index in [9.17, 15) is 5.11 Å². The van der Waals surface area contributed by atoms with Gasteiger partial charge in [0.25, 0.3) is 0 Å². The van der Waals surface area contributed by atoms with Gasteiger partial charge in [-0.2, -0.15) is 0 Å². The van der Waals surface area contributed by atoms with E-state index in [0.29, 0.717) is 6.61 Å². The van der Waals surface area contributed by atoms with E-state index in [1.54, 1.807) is 7.11 Å². The fourth-order valence-electron chi connectivity index (χ4n) is 2.43. The van der Waals surface area contributed by atoms with Crippen LogP contribution in [0.1, 0.15) is 0 Å². The van der Waals surface area contributed by atoms with E-state index in [1.165, 1.54) is 7.11 Å². The molecule has 1 N–H and O–H groups in total. The van der Waals surface area contributed by atoms with Gasteiger partial charge in [0.1, 0.15) is 24.4 Å². The van der Waals surface area contributed by atoms with Crippen molar-refractivity contribution < 1.29 is 28.2 Å². The Morgan fingerprint density at radius 2 is 1.41 bits per heavy atom. The molecule has 1 rings (SSSR count). The highest BCUT2D eigenvalue weighted by molar-refractivity contribution is 6.70. The maximum atomic E-state index is 10.2. The number of hydrogen-bond donors (Lipinski definition) is 1. The Morgan fingerprint density at radius 1 is 0.864 bits per heavy atom. The van der Waals surface area contributed by atoms with E-state index in [0.717, 1.165) is 0 Å². The Labute approximate surface area is 136 Å². The van der Waals surface area contributed by atoms with Crippen molar-refractivity contribution in [2.75, 3.05) is 20.8 Å². The van der Waals surface area contributed by atoms with Crippen LogP contribution in [0.25, 0.3) is 0 Å². The van der Waals surface area contributed by atoms with Crippen LogP contribution in [0.5, 0.6) is 0 Å². The smallest absolute Gasteiger partial charge is 0.184 e. The van der Waals surface area contributed by atoms with Crippen LogP contribution in [0.3, 0.4) is 0 Å². The topological polar surface area (TPSA) is 66.4 Å². The fraction of sp³-hybridized carbons (Fsp3) is 1.00. The number of aliphatic hydroxyl groups excluding tert-OH is 1. The lowest BCUT2D eigenvalue weighted by Crippen LogP contribution is -2.62. The maximum Gasteiger partial charge on any atom is 0.184 e. The molecule has 0 bridgehead atoms. The van der Waals surface area contributed by atoms with Crippen molar-refractivity contribution in [1.29, 1.82) is 0 Å². The molecule has 0 amide bonds. The second kappa shape index (κ2) is 7.84. The van der Waals surface area contributed by atoms with Crippen molar-refractivity contribution in [2.24, 2.45) is 0 Å². The highest BCUT2D eigenvalue weighted by Gasteiger charge is 2.48. The Bertz CT molecular complexity index is 341. The minimum atomic E-state index is -1.83. The summed E-state index contributed by atoms with van der Waals surface area (Å²) in [4.78, 5) is 0. The molecule has 22 heavy (non-hydrogen) atoms. The molecule has 0 aliphatic carbocycles. The third-order valence-corrected chi connectivity index (χ3v) is 5.34. The third-order valence-electron chi connectivity index (χ3n) is 3.32. The van der Waals surface area contributed by atoms with Crippen LogP contribution in [-0.4, -0.2) is 73.3 Å². The van der Waals surface area contributed by atoms with Crippen LogP contribution in [0.2, 0.25) is 39.3 Å². The molecule has 0 saturated carbocycles. The first-order chi connectivity index (χ1) is 9.98. The van der Waals surface area contributed by atoms with Crippen molar-refractivity contribution >= 4 is 16.6 Å². The molecule has 0 aromatic carbocycles. The molecular formula is C14H32O6Si2. The highest BCUT2D eigenvalue weighted by atomic mass is 28.4. The zero-order valence-electron chi connectivity index (χ0n) is 15.1. The molecule has 5 atom stereocenters. The van der Waals surface area contributed by atoms with Crippen LogP contribution >= 0.6 is 0 Å². The normalized spacial score (nSPS) is 34.0. The van der Waals surface area contributed by atoms with Gasteiger partial charge in [-0.15, -0.1) is 0 Å². The zero-order chi connectivity index (χ0) is 17.1. The quantitative estimate of drug-likeness (QED) is 0.705. The standard InChI is InChI=1S/C14H32O6Si2/c1-16-12-11(20-22(6,7)8)10(9-18-21(3,4)5)19-14(15)13(12)17-2/h10-15H,9H2,1-8H3. The molecule has 0 aromatic rings. The number of methoxy groups -OCH3 is 2. The van der Waals surface area contributed by atoms with Gasteiger partial charge in [0.05, 0.1) is 6.61 Å². The first-order valence-electron chi connectivity index (χ1n) is 7.69. The average molecular weight is 353 g/mol. The van der Waals surface area contributed by atoms with Crippen LogP contribution in [-0.2, 0) is 23.1 Å². The number of aliphatic hydroxyl groups is 1. The summed E-state index contributed by atoms with van der Waals surface area (Å²) in [6.07, 6.45) is -2.71. The lowest BCUT2D eigenvalue weighted by molar-refractivity contribution is -0.291. The molecule has 1 saturated heterocycles. The summed E-state index contributed by atoms with van der Waals surface area (Å²) in [5.74, 6) is 0. The molecule has 132 valence electrons. The largest absolute Gasteiger partial charge is 0.415 e. The van der Waals surface area contributed by atoms with E-state index in [1.807, 2.05) is 0 Å².